The molecule has 0 aliphatic heterocycles. The van der Waals surface area contributed by atoms with Crippen LogP contribution in [0.4, 0.5) is 0 Å². The first-order valence-electron chi connectivity index (χ1n) is 22.2. The third-order valence-electron chi connectivity index (χ3n) is 9.91. The van der Waals surface area contributed by atoms with Crippen molar-refractivity contribution in [2.75, 3.05) is 40.9 Å². The van der Waals surface area contributed by atoms with Crippen molar-refractivity contribution < 1.29 is 32.9 Å². The van der Waals surface area contributed by atoms with Crippen LogP contribution < -0.4 is 10.2 Å². The highest BCUT2D eigenvalue weighted by molar-refractivity contribution is 7.45. The second-order valence-electron chi connectivity index (χ2n) is 16.4. The standard InChI is InChI=1S/C44H87N2O6P/c1-6-8-10-12-14-16-17-18-19-20-21-22-23-24-25-26-27-28-29-30-31-33-35-37-43(47)42(41-52-53(49,50)51-40-39-46(3,4)5)45-44(48)38-36-34-32-15-13-11-9-7-2/h29-30,35,37,42-43,47H,6-28,31-34,36,38-41H2,1-5H3,(H-,45,48,49,50)/b30-29+,37-35+. The Labute approximate surface area is 328 Å². The minimum absolute atomic E-state index is 0.00473. The van der Waals surface area contributed by atoms with Crippen LogP contribution in [0.2, 0.25) is 0 Å². The first kappa shape index (κ1) is 52.0. The number of hydrogen-bond acceptors (Lipinski definition) is 6. The molecule has 0 bridgehead atoms. The summed E-state index contributed by atoms with van der Waals surface area (Å²) >= 11 is 0. The summed E-state index contributed by atoms with van der Waals surface area (Å²) in [6.07, 6.45) is 42.5. The summed E-state index contributed by atoms with van der Waals surface area (Å²) in [5.74, 6) is -0.212. The zero-order valence-electron chi connectivity index (χ0n) is 35.5. The number of carbonyl (C=O) groups is 1. The highest BCUT2D eigenvalue weighted by atomic mass is 31.2. The van der Waals surface area contributed by atoms with Crippen LogP contribution in [-0.4, -0.2) is 68.5 Å². The number of allylic oxidation sites excluding steroid dienone is 3. The summed E-state index contributed by atoms with van der Waals surface area (Å²) in [5, 5.41) is 13.7. The van der Waals surface area contributed by atoms with Crippen molar-refractivity contribution in [3.05, 3.63) is 24.3 Å². The fourth-order valence-corrected chi connectivity index (χ4v) is 7.07. The van der Waals surface area contributed by atoms with Gasteiger partial charge in [0, 0.05) is 6.42 Å². The van der Waals surface area contributed by atoms with E-state index in [0.29, 0.717) is 17.4 Å². The van der Waals surface area contributed by atoms with Gasteiger partial charge in [0.25, 0.3) is 7.82 Å². The van der Waals surface area contributed by atoms with Crippen molar-refractivity contribution >= 4 is 13.7 Å². The molecule has 0 rings (SSSR count). The Morgan fingerprint density at radius 3 is 1.53 bits per heavy atom. The third kappa shape index (κ3) is 39.0. The number of aliphatic hydroxyl groups excluding tert-OH is 1. The van der Waals surface area contributed by atoms with Gasteiger partial charge in [-0.15, -0.1) is 0 Å². The van der Waals surface area contributed by atoms with E-state index < -0.39 is 20.0 Å². The van der Waals surface area contributed by atoms with E-state index in [1.807, 2.05) is 27.2 Å². The van der Waals surface area contributed by atoms with Crippen LogP contribution >= 0.6 is 7.82 Å². The lowest BCUT2D eigenvalue weighted by Crippen LogP contribution is -2.45. The van der Waals surface area contributed by atoms with Gasteiger partial charge < -0.3 is 28.8 Å². The van der Waals surface area contributed by atoms with Gasteiger partial charge in [0.1, 0.15) is 13.2 Å². The summed E-state index contributed by atoms with van der Waals surface area (Å²) < 4.78 is 23.1. The normalized spacial score (nSPS) is 14.6. The molecule has 1 amide bonds. The smallest absolute Gasteiger partial charge is 0.268 e. The summed E-state index contributed by atoms with van der Waals surface area (Å²) in [5.41, 5.74) is 0. The molecule has 0 saturated carbocycles. The van der Waals surface area contributed by atoms with Gasteiger partial charge in [-0.25, -0.2) is 0 Å². The lowest BCUT2D eigenvalue weighted by molar-refractivity contribution is -0.870. The van der Waals surface area contributed by atoms with E-state index >= 15 is 0 Å². The molecule has 0 spiro atoms. The molecule has 0 aliphatic rings. The van der Waals surface area contributed by atoms with Crippen molar-refractivity contribution in [3.63, 3.8) is 0 Å². The van der Waals surface area contributed by atoms with Crippen LogP contribution in [0.15, 0.2) is 24.3 Å². The summed E-state index contributed by atoms with van der Waals surface area (Å²) in [6, 6.07) is -0.896. The summed E-state index contributed by atoms with van der Waals surface area (Å²) in [7, 11) is 1.25. The number of aliphatic hydroxyl groups is 1. The second kappa shape index (κ2) is 36.6. The summed E-state index contributed by atoms with van der Waals surface area (Å²) in [6.45, 7) is 4.59. The topological polar surface area (TPSA) is 108 Å². The Morgan fingerprint density at radius 2 is 1.06 bits per heavy atom. The number of amides is 1. The van der Waals surface area contributed by atoms with E-state index in [9.17, 15) is 19.4 Å². The first-order chi connectivity index (χ1) is 25.5. The zero-order chi connectivity index (χ0) is 39.3. The van der Waals surface area contributed by atoms with Gasteiger partial charge in [-0.3, -0.25) is 9.36 Å². The quantitative estimate of drug-likeness (QED) is 0.0278. The minimum Gasteiger partial charge on any atom is -0.756 e. The lowest BCUT2D eigenvalue weighted by atomic mass is 10.0. The van der Waals surface area contributed by atoms with Crippen LogP contribution in [-0.2, 0) is 18.4 Å². The number of nitrogens with zero attached hydrogens (tertiary/aromatic N) is 1. The Hall–Kier alpha value is -1.02. The van der Waals surface area contributed by atoms with Gasteiger partial charge in [-0.05, 0) is 32.1 Å². The molecule has 0 heterocycles. The van der Waals surface area contributed by atoms with Gasteiger partial charge >= 0.3 is 0 Å². The van der Waals surface area contributed by atoms with Crippen molar-refractivity contribution in [2.45, 2.75) is 212 Å². The Balaban J connectivity index is 4.29. The molecule has 0 radical (unpaired) electrons. The van der Waals surface area contributed by atoms with Crippen LogP contribution in [0.3, 0.4) is 0 Å². The minimum atomic E-state index is -4.58. The predicted molar refractivity (Wildman–Crippen MR) is 224 cm³/mol. The van der Waals surface area contributed by atoms with E-state index in [-0.39, 0.29) is 19.1 Å². The lowest BCUT2D eigenvalue weighted by Gasteiger charge is -2.29. The Morgan fingerprint density at radius 1 is 0.642 bits per heavy atom. The van der Waals surface area contributed by atoms with Crippen LogP contribution in [0, 0.1) is 0 Å². The molecular weight excluding hydrogens is 683 g/mol. The van der Waals surface area contributed by atoms with E-state index in [0.717, 1.165) is 38.5 Å². The largest absolute Gasteiger partial charge is 0.756 e. The van der Waals surface area contributed by atoms with Gasteiger partial charge in [-0.2, -0.15) is 0 Å². The molecule has 53 heavy (non-hydrogen) atoms. The number of hydrogen-bond donors (Lipinski definition) is 2. The van der Waals surface area contributed by atoms with E-state index in [1.54, 1.807) is 6.08 Å². The molecule has 0 aromatic carbocycles. The van der Waals surface area contributed by atoms with E-state index in [1.165, 1.54) is 141 Å². The SMILES string of the molecule is CCCCCCCCCCCCCCCCCCC/C=C/CC/C=C/C(O)C(COP(=O)([O-])OCC[N+](C)(C)C)NC(=O)CCCCCCCCCC. The number of unbranched alkanes of at least 4 members (excludes halogenated alkanes) is 25. The number of phosphoric acid groups is 1. The summed E-state index contributed by atoms with van der Waals surface area (Å²) in [4.78, 5) is 25.1. The molecule has 2 N–H and O–H groups in total. The molecule has 314 valence electrons. The number of nitrogens with one attached hydrogen (secondary N) is 1. The highest BCUT2D eigenvalue weighted by Crippen LogP contribution is 2.38. The Kier molecular flexibility index (Phi) is 35.9. The highest BCUT2D eigenvalue weighted by Gasteiger charge is 2.23. The van der Waals surface area contributed by atoms with Crippen molar-refractivity contribution in [2.24, 2.45) is 0 Å². The molecule has 3 unspecified atom stereocenters. The van der Waals surface area contributed by atoms with Crippen LogP contribution in [0.1, 0.15) is 200 Å². The average molecular weight is 771 g/mol. The second-order valence-corrected chi connectivity index (χ2v) is 17.8. The van der Waals surface area contributed by atoms with Crippen molar-refractivity contribution in [3.8, 4) is 0 Å². The van der Waals surface area contributed by atoms with Gasteiger partial charge in [0.15, 0.2) is 0 Å². The van der Waals surface area contributed by atoms with E-state index in [2.05, 4.69) is 31.3 Å². The maximum Gasteiger partial charge on any atom is 0.268 e. The van der Waals surface area contributed by atoms with Crippen LogP contribution in [0.25, 0.3) is 0 Å². The molecule has 0 aliphatic carbocycles. The number of quaternary nitrogens is 1. The maximum absolute atomic E-state index is 12.7. The molecule has 0 fully saturated rings. The Bertz CT molecular complexity index is 922. The number of carbonyl (C=O) groups excluding carboxylic acids is 1. The fourth-order valence-electron chi connectivity index (χ4n) is 6.34. The predicted octanol–water partition coefficient (Wildman–Crippen LogP) is 11.5. The van der Waals surface area contributed by atoms with Crippen molar-refractivity contribution in [1.29, 1.82) is 0 Å². The van der Waals surface area contributed by atoms with Crippen LogP contribution in [0.5, 0.6) is 0 Å². The molecule has 0 aromatic heterocycles. The molecule has 0 aromatic rings. The monoisotopic (exact) mass is 771 g/mol. The maximum atomic E-state index is 12.7. The molecule has 3 atom stereocenters. The van der Waals surface area contributed by atoms with Gasteiger partial charge in [-0.1, -0.05) is 186 Å². The third-order valence-corrected chi connectivity index (χ3v) is 10.9. The average Bonchev–Trinajstić information content (AvgIpc) is 3.10. The van der Waals surface area contributed by atoms with E-state index in [4.69, 9.17) is 9.05 Å². The molecule has 8 nitrogen and oxygen atoms in total. The van der Waals surface area contributed by atoms with Gasteiger partial charge in [0.05, 0.1) is 39.9 Å². The molecular formula is C44H87N2O6P. The molecule has 9 heteroatoms. The number of rotatable bonds is 40. The number of phosphoric ester groups is 1. The fraction of sp³-hybridized carbons (Fsp3) is 0.886. The zero-order valence-corrected chi connectivity index (χ0v) is 36.4. The molecule has 0 saturated heterocycles. The van der Waals surface area contributed by atoms with Gasteiger partial charge in [0.2, 0.25) is 5.91 Å². The first-order valence-corrected chi connectivity index (χ1v) is 23.7. The van der Waals surface area contributed by atoms with Crippen molar-refractivity contribution in [1.82, 2.24) is 5.32 Å². The number of likely N-dealkylation sites (N-methyl/N-ethyl adjacent to an activating group) is 1.